The van der Waals surface area contributed by atoms with Gasteiger partial charge in [-0.15, -0.1) is 0 Å². The van der Waals surface area contributed by atoms with Gasteiger partial charge in [0.2, 0.25) is 0 Å². The summed E-state index contributed by atoms with van der Waals surface area (Å²) in [5, 5.41) is 3.27. The van der Waals surface area contributed by atoms with Gasteiger partial charge in [0.15, 0.2) is 0 Å². The Kier molecular flexibility index (Phi) is 4.66. The number of nitrogens with one attached hydrogen (secondary N) is 1. The van der Waals surface area contributed by atoms with Gasteiger partial charge >= 0.3 is 0 Å². The van der Waals surface area contributed by atoms with E-state index in [9.17, 15) is 8.78 Å². The van der Waals surface area contributed by atoms with Gasteiger partial charge in [-0.1, -0.05) is 31.2 Å². The SMILES string of the molecule is CCCN(Cc1ccc(C(F)F)cc1)C1CNC1. The molecule has 1 aliphatic heterocycles. The third-order valence-electron chi connectivity index (χ3n) is 3.40. The van der Waals surface area contributed by atoms with Crippen molar-refractivity contribution >= 4 is 0 Å². The summed E-state index contributed by atoms with van der Waals surface area (Å²) in [6.45, 7) is 6.15. The molecule has 0 aromatic heterocycles. The molecule has 0 aliphatic carbocycles. The van der Waals surface area contributed by atoms with E-state index in [2.05, 4.69) is 17.1 Å². The summed E-state index contributed by atoms with van der Waals surface area (Å²) in [6.07, 6.45) is -1.26. The minimum Gasteiger partial charge on any atom is -0.314 e. The van der Waals surface area contributed by atoms with Crippen molar-refractivity contribution in [2.24, 2.45) is 0 Å². The largest absolute Gasteiger partial charge is 0.314 e. The predicted molar refractivity (Wildman–Crippen MR) is 68.8 cm³/mol. The van der Waals surface area contributed by atoms with E-state index in [0.29, 0.717) is 6.04 Å². The summed E-state index contributed by atoms with van der Waals surface area (Å²) in [5.74, 6) is 0. The second kappa shape index (κ2) is 6.25. The van der Waals surface area contributed by atoms with Crippen LogP contribution in [0.2, 0.25) is 0 Å². The summed E-state index contributed by atoms with van der Waals surface area (Å²) in [7, 11) is 0. The number of nitrogens with zero attached hydrogens (tertiary/aromatic N) is 1. The quantitative estimate of drug-likeness (QED) is 0.839. The van der Waals surface area contributed by atoms with Crippen LogP contribution in [0.25, 0.3) is 0 Å². The van der Waals surface area contributed by atoms with E-state index < -0.39 is 6.43 Å². The van der Waals surface area contributed by atoms with E-state index >= 15 is 0 Å². The van der Waals surface area contributed by atoms with Crippen molar-refractivity contribution in [1.29, 1.82) is 0 Å². The molecule has 18 heavy (non-hydrogen) atoms. The van der Waals surface area contributed by atoms with E-state index in [1.54, 1.807) is 0 Å². The Hall–Kier alpha value is -1.00. The maximum Gasteiger partial charge on any atom is 0.263 e. The van der Waals surface area contributed by atoms with E-state index in [4.69, 9.17) is 0 Å². The highest BCUT2D eigenvalue weighted by molar-refractivity contribution is 5.23. The predicted octanol–water partition coefficient (Wildman–Crippen LogP) is 2.81. The van der Waals surface area contributed by atoms with Crippen LogP contribution in [0.15, 0.2) is 24.3 Å². The monoisotopic (exact) mass is 254 g/mol. The van der Waals surface area contributed by atoms with Crippen molar-refractivity contribution in [1.82, 2.24) is 10.2 Å². The van der Waals surface area contributed by atoms with E-state index in [1.165, 1.54) is 12.1 Å². The normalized spacial score (nSPS) is 16.3. The van der Waals surface area contributed by atoms with Crippen molar-refractivity contribution in [2.75, 3.05) is 19.6 Å². The lowest BCUT2D eigenvalue weighted by Gasteiger charge is -2.38. The topological polar surface area (TPSA) is 15.3 Å². The van der Waals surface area contributed by atoms with Gasteiger partial charge in [-0.25, -0.2) is 8.78 Å². The maximum atomic E-state index is 12.5. The Morgan fingerprint density at radius 2 is 1.94 bits per heavy atom. The zero-order valence-corrected chi connectivity index (χ0v) is 10.7. The summed E-state index contributed by atoms with van der Waals surface area (Å²) < 4.78 is 24.9. The van der Waals surface area contributed by atoms with Crippen LogP contribution in [-0.4, -0.2) is 30.6 Å². The number of halogens is 2. The first-order valence-electron chi connectivity index (χ1n) is 6.52. The summed E-state index contributed by atoms with van der Waals surface area (Å²) in [5.41, 5.74) is 1.21. The molecule has 0 bridgehead atoms. The van der Waals surface area contributed by atoms with Crippen LogP contribution in [0.1, 0.15) is 30.9 Å². The Labute approximate surface area is 107 Å². The molecule has 1 saturated heterocycles. The van der Waals surface area contributed by atoms with Gasteiger partial charge < -0.3 is 5.32 Å². The fourth-order valence-corrected chi connectivity index (χ4v) is 2.21. The minimum atomic E-state index is -2.37. The number of alkyl halides is 2. The number of hydrogen-bond acceptors (Lipinski definition) is 2. The van der Waals surface area contributed by atoms with Crippen LogP contribution < -0.4 is 5.32 Å². The molecule has 0 atom stereocenters. The molecule has 1 aliphatic rings. The van der Waals surface area contributed by atoms with Crippen molar-refractivity contribution in [3.05, 3.63) is 35.4 Å². The number of rotatable bonds is 6. The lowest BCUT2D eigenvalue weighted by Crippen LogP contribution is -2.56. The van der Waals surface area contributed by atoms with Gasteiger partial charge in [0.25, 0.3) is 6.43 Å². The molecule has 2 rings (SSSR count). The maximum absolute atomic E-state index is 12.5. The smallest absolute Gasteiger partial charge is 0.263 e. The standard InChI is InChI=1S/C14H20F2N2/c1-2-7-18(13-8-17-9-13)10-11-3-5-12(6-4-11)14(15)16/h3-6,13-14,17H,2,7-10H2,1H3. The van der Waals surface area contributed by atoms with Crippen molar-refractivity contribution in [3.8, 4) is 0 Å². The van der Waals surface area contributed by atoms with Crippen LogP contribution in [0.5, 0.6) is 0 Å². The zero-order chi connectivity index (χ0) is 13.0. The van der Waals surface area contributed by atoms with Gasteiger partial charge in [-0.2, -0.15) is 0 Å². The lowest BCUT2D eigenvalue weighted by atomic mass is 10.1. The van der Waals surface area contributed by atoms with Crippen LogP contribution in [-0.2, 0) is 6.54 Å². The third-order valence-corrected chi connectivity index (χ3v) is 3.40. The fourth-order valence-electron chi connectivity index (χ4n) is 2.21. The van der Waals surface area contributed by atoms with Crippen molar-refractivity contribution in [3.63, 3.8) is 0 Å². The van der Waals surface area contributed by atoms with Gasteiger partial charge in [-0.05, 0) is 18.5 Å². The second-order valence-electron chi connectivity index (χ2n) is 4.82. The van der Waals surface area contributed by atoms with Gasteiger partial charge in [0.1, 0.15) is 0 Å². The molecule has 0 radical (unpaired) electrons. The Bertz CT molecular complexity index is 361. The molecule has 0 amide bonds. The van der Waals surface area contributed by atoms with Gasteiger partial charge in [-0.3, -0.25) is 4.90 Å². The summed E-state index contributed by atoms with van der Waals surface area (Å²) >= 11 is 0. The summed E-state index contributed by atoms with van der Waals surface area (Å²) in [4.78, 5) is 2.42. The molecule has 1 heterocycles. The molecule has 0 spiro atoms. The first-order chi connectivity index (χ1) is 8.70. The van der Waals surface area contributed by atoms with E-state index in [-0.39, 0.29) is 5.56 Å². The molecule has 1 N–H and O–H groups in total. The first-order valence-corrected chi connectivity index (χ1v) is 6.52. The second-order valence-corrected chi connectivity index (χ2v) is 4.82. The van der Waals surface area contributed by atoms with Crippen molar-refractivity contribution < 1.29 is 8.78 Å². The summed E-state index contributed by atoms with van der Waals surface area (Å²) in [6, 6.07) is 7.29. The molecule has 1 fully saturated rings. The third kappa shape index (κ3) is 3.27. The molecular formula is C14H20F2N2. The molecule has 4 heteroatoms. The molecule has 1 aromatic rings. The number of hydrogen-bond donors (Lipinski definition) is 1. The van der Waals surface area contributed by atoms with Crippen LogP contribution in [0.4, 0.5) is 8.78 Å². The highest BCUT2D eigenvalue weighted by Crippen LogP contribution is 2.20. The number of benzene rings is 1. The average Bonchev–Trinajstić information content (AvgIpc) is 2.27. The molecule has 100 valence electrons. The highest BCUT2D eigenvalue weighted by Gasteiger charge is 2.23. The van der Waals surface area contributed by atoms with Crippen molar-refractivity contribution in [2.45, 2.75) is 32.4 Å². The van der Waals surface area contributed by atoms with Crippen LogP contribution >= 0.6 is 0 Å². The first kappa shape index (κ1) is 13.4. The van der Waals surface area contributed by atoms with E-state index in [1.807, 2.05) is 12.1 Å². The Morgan fingerprint density at radius 3 is 2.39 bits per heavy atom. The average molecular weight is 254 g/mol. The molecule has 0 saturated carbocycles. The fraction of sp³-hybridized carbons (Fsp3) is 0.571. The highest BCUT2D eigenvalue weighted by atomic mass is 19.3. The Morgan fingerprint density at radius 1 is 1.28 bits per heavy atom. The van der Waals surface area contributed by atoms with Crippen LogP contribution in [0, 0.1) is 0 Å². The van der Waals surface area contributed by atoms with Crippen LogP contribution in [0.3, 0.4) is 0 Å². The van der Waals surface area contributed by atoms with Gasteiger partial charge in [0.05, 0.1) is 0 Å². The molecule has 0 unspecified atom stereocenters. The molecular weight excluding hydrogens is 234 g/mol. The zero-order valence-electron chi connectivity index (χ0n) is 10.7. The van der Waals surface area contributed by atoms with E-state index in [0.717, 1.165) is 38.2 Å². The van der Waals surface area contributed by atoms with Gasteiger partial charge in [0, 0.05) is 31.2 Å². The molecule has 2 nitrogen and oxygen atoms in total. The minimum absolute atomic E-state index is 0.103. The lowest BCUT2D eigenvalue weighted by molar-refractivity contribution is 0.137. The Balaban J connectivity index is 1.97. The molecule has 1 aromatic carbocycles.